The number of carbonyl (C=O) groups excluding carboxylic acids is 3. The van der Waals surface area contributed by atoms with Crippen LogP contribution in [0.25, 0.3) is 0 Å². The number of methoxy groups -OCH3 is 1. The lowest BCUT2D eigenvalue weighted by atomic mass is 9.83. The summed E-state index contributed by atoms with van der Waals surface area (Å²) < 4.78 is 16.6. The van der Waals surface area contributed by atoms with Crippen LogP contribution < -0.4 is 0 Å². The van der Waals surface area contributed by atoms with Gasteiger partial charge in [0.05, 0.1) is 12.5 Å². The highest BCUT2D eigenvalue weighted by molar-refractivity contribution is 5.92. The summed E-state index contributed by atoms with van der Waals surface area (Å²) in [5.41, 5.74) is 1.46. The van der Waals surface area contributed by atoms with Gasteiger partial charge in [0, 0.05) is 23.8 Å². The van der Waals surface area contributed by atoms with Gasteiger partial charge < -0.3 is 19.3 Å². The zero-order valence-electron chi connectivity index (χ0n) is 16.3. The van der Waals surface area contributed by atoms with Gasteiger partial charge in [0.25, 0.3) is 0 Å². The van der Waals surface area contributed by atoms with E-state index in [2.05, 4.69) is 6.58 Å². The van der Waals surface area contributed by atoms with Crippen molar-refractivity contribution in [2.45, 2.75) is 45.0 Å². The number of ether oxygens (including phenoxy) is 3. The molecule has 0 aromatic carbocycles. The molecule has 1 saturated heterocycles. The van der Waals surface area contributed by atoms with Crippen molar-refractivity contribution in [1.82, 2.24) is 0 Å². The maximum atomic E-state index is 12.5. The van der Waals surface area contributed by atoms with E-state index in [-0.39, 0.29) is 12.2 Å². The number of esters is 2. The van der Waals surface area contributed by atoms with Crippen LogP contribution in [0.3, 0.4) is 0 Å². The number of carbonyl (C=O) groups is 3. The van der Waals surface area contributed by atoms with Gasteiger partial charge in [-0.25, -0.2) is 9.59 Å². The summed E-state index contributed by atoms with van der Waals surface area (Å²) in [4.78, 5) is 36.4. The van der Waals surface area contributed by atoms with Crippen LogP contribution in [0, 0.1) is 5.92 Å². The second-order valence-electron chi connectivity index (χ2n) is 6.76. The first-order valence-corrected chi connectivity index (χ1v) is 9.10. The van der Waals surface area contributed by atoms with Gasteiger partial charge in [0.2, 0.25) is 0 Å². The Morgan fingerprint density at radius 2 is 2.18 bits per heavy atom. The molecule has 2 rings (SSSR count). The van der Waals surface area contributed by atoms with Crippen LogP contribution >= 0.6 is 0 Å². The zero-order chi connectivity index (χ0) is 20.8. The molecular weight excluding hydrogens is 364 g/mol. The van der Waals surface area contributed by atoms with E-state index >= 15 is 0 Å². The summed E-state index contributed by atoms with van der Waals surface area (Å²) in [6.07, 6.45) is 3.88. The summed E-state index contributed by atoms with van der Waals surface area (Å²) in [5.74, 6) is -1.96. The van der Waals surface area contributed by atoms with E-state index in [1.807, 2.05) is 0 Å². The molecule has 1 N–H and O–H groups in total. The summed E-state index contributed by atoms with van der Waals surface area (Å²) in [6, 6.07) is 0. The van der Waals surface area contributed by atoms with Crippen LogP contribution in [0.4, 0.5) is 0 Å². The Bertz CT molecular complexity index is 744. The highest BCUT2D eigenvalue weighted by Gasteiger charge is 2.48. The van der Waals surface area contributed by atoms with Crippen molar-refractivity contribution in [3.8, 4) is 0 Å². The van der Waals surface area contributed by atoms with Crippen LogP contribution in [-0.4, -0.2) is 55.4 Å². The Hall–Kier alpha value is -2.51. The molecule has 2 aliphatic rings. The maximum absolute atomic E-state index is 12.5. The topological polar surface area (TPSA) is 99.1 Å². The van der Waals surface area contributed by atoms with Crippen LogP contribution in [0.2, 0.25) is 0 Å². The number of allylic oxidation sites excluding steroid dienone is 2. The first-order valence-electron chi connectivity index (χ1n) is 9.10. The minimum atomic E-state index is -1.01. The Morgan fingerprint density at radius 3 is 2.75 bits per heavy atom. The van der Waals surface area contributed by atoms with Gasteiger partial charge in [-0.2, -0.15) is 0 Å². The van der Waals surface area contributed by atoms with Crippen LogP contribution in [0.15, 0.2) is 47.1 Å². The first-order chi connectivity index (χ1) is 13.4. The van der Waals surface area contributed by atoms with E-state index in [1.165, 1.54) is 7.11 Å². The fourth-order valence-corrected chi connectivity index (χ4v) is 3.35. The SMILES string of the molecule is C=C1C(=O)O[C@@H]2/C=C(\CO)CCC=C(C=O)[C@H](OC)[C@@H](OC(=O)/C(C)=C\C)[C@@H]12. The van der Waals surface area contributed by atoms with Crippen molar-refractivity contribution >= 4 is 18.2 Å². The van der Waals surface area contributed by atoms with E-state index in [9.17, 15) is 19.5 Å². The molecule has 0 aromatic rings. The third kappa shape index (κ3) is 4.48. The lowest BCUT2D eigenvalue weighted by Gasteiger charge is -2.32. The van der Waals surface area contributed by atoms with Gasteiger partial charge in [0.1, 0.15) is 24.6 Å². The Labute approximate surface area is 164 Å². The van der Waals surface area contributed by atoms with Crippen molar-refractivity contribution in [3.63, 3.8) is 0 Å². The van der Waals surface area contributed by atoms with E-state index < -0.39 is 36.2 Å². The molecule has 0 amide bonds. The predicted octanol–water partition coefficient (Wildman–Crippen LogP) is 1.81. The second-order valence-corrected chi connectivity index (χ2v) is 6.76. The molecule has 0 spiro atoms. The van der Waals surface area contributed by atoms with Crippen LogP contribution in [0.1, 0.15) is 26.7 Å². The monoisotopic (exact) mass is 390 g/mol. The number of hydrogen-bond acceptors (Lipinski definition) is 7. The van der Waals surface area contributed by atoms with Crippen LogP contribution in [-0.2, 0) is 28.6 Å². The molecule has 1 aliphatic carbocycles. The average Bonchev–Trinajstić information content (AvgIpc) is 2.97. The van der Waals surface area contributed by atoms with E-state index in [0.29, 0.717) is 35.8 Å². The molecule has 0 bridgehead atoms. The van der Waals surface area contributed by atoms with Gasteiger partial charge >= 0.3 is 11.9 Å². The Kier molecular flexibility index (Phi) is 7.48. The third-order valence-electron chi connectivity index (χ3n) is 5.08. The largest absolute Gasteiger partial charge is 0.455 e. The molecule has 152 valence electrons. The minimum Gasteiger partial charge on any atom is -0.455 e. The molecule has 0 unspecified atom stereocenters. The molecule has 28 heavy (non-hydrogen) atoms. The molecule has 7 nitrogen and oxygen atoms in total. The van der Waals surface area contributed by atoms with Gasteiger partial charge in [-0.15, -0.1) is 0 Å². The van der Waals surface area contributed by atoms with E-state index in [0.717, 1.165) is 0 Å². The van der Waals surface area contributed by atoms with Gasteiger partial charge in [0.15, 0.2) is 0 Å². The predicted molar refractivity (Wildman–Crippen MR) is 101 cm³/mol. The van der Waals surface area contributed by atoms with Crippen molar-refractivity contribution < 1.29 is 33.7 Å². The van der Waals surface area contributed by atoms with Gasteiger partial charge in [-0.1, -0.05) is 18.7 Å². The highest BCUT2D eigenvalue weighted by atomic mass is 16.6. The van der Waals surface area contributed by atoms with E-state index in [4.69, 9.17) is 14.2 Å². The number of aliphatic hydroxyl groups is 1. The fourth-order valence-electron chi connectivity index (χ4n) is 3.35. The molecule has 7 heteroatoms. The van der Waals surface area contributed by atoms with Gasteiger partial charge in [-0.3, -0.25) is 4.79 Å². The van der Waals surface area contributed by atoms with Gasteiger partial charge in [-0.05, 0) is 38.3 Å². The third-order valence-corrected chi connectivity index (χ3v) is 5.08. The van der Waals surface area contributed by atoms with E-state index in [1.54, 1.807) is 32.1 Å². The number of fused-ring (bicyclic) bond motifs is 1. The lowest BCUT2D eigenvalue weighted by Crippen LogP contribution is -2.44. The number of hydrogen-bond donors (Lipinski definition) is 1. The molecule has 1 fully saturated rings. The fraction of sp³-hybridized carbons (Fsp3) is 0.476. The molecule has 1 heterocycles. The molecule has 0 aromatic heterocycles. The van der Waals surface area contributed by atoms with Crippen molar-refractivity contribution in [2.24, 2.45) is 5.92 Å². The average molecular weight is 390 g/mol. The zero-order valence-corrected chi connectivity index (χ0v) is 16.3. The minimum absolute atomic E-state index is 0.127. The second kappa shape index (κ2) is 9.61. The molecule has 0 radical (unpaired) electrons. The number of aliphatic hydroxyl groups excluding tert-OH is 1. The summed E-state index contributed by atoms with van der Waals surface area (Å²) in [7, 11) is 1.40. The maximum Gasteiger partial charge on any atom is 0.334 e. The quantitative estimate of drug-likeness (QED) is 0.331. The van der Waals surface area contributed by atoms with Crippen molar-refractivity contribution in [1.29, 1.82) is 0 Å². The normalized spacial score (nSPS) is 30.5. The summed E-state index contributed by atoms with van der Waals surface area (Å²) >= 11 is 0. The molecular formula is C21H26O7. The Morgan fingerprint density at radius 1 is 1.46 bits per heavy atom. The Balaban J connectivity index is 2.59. The number of aldehydes is 1. The van der Waals surface area contributed by atoms with Crippen molar-refractivity contribution in [2.75, 3.05) is 13.7 Å². The molecule has 4 atom stereocenters. The van der Waals surface area contributed by atoms with Crippen molar-refractivity contribution in [3.05, 3.63) is 47.1 Å². The molecule has 0 saturated carbocycles. The standard InChI is InChI=1S/C21H26O7/c1-5-12(2)20(24)28-19-17-13(3)21(25)27-16(17)9-14(10-22)7-6-8-15(11-23)18(19)26-4/h5,8-9,11,16-19,22H,3,6-7,10H2,1-2,4H3/b12-5-,14-9-,15-8?/t16-,17+,18+,19+/m1/s1. The molecule has 1 aliphatic heterocycles. The number of rotatable bonds is 5. The summed E-state index contributed by atoms with van der Waals surface area (Å²) in [6.45, 7) is 6.90. The summed E-state index contributed by atoms with van der Waals surface area (Å²) in [5, 5.41) is 9.62. The smallest absolute Gasteiger partial charge is 0.334 e. The highest BCUT2D eigenvalue weighted by Crippen LogP contribution is 2.37. The lowest BCUT2D eigenvalue weighted by molar-refractivity contribution is -0.155. The first kappa shape index (κ1) is 21.8. The van der Waals surface area contributed by atoms with Crippen LogP contribution in [0.5, 0.6) is 0 Å².